The molecule has 0 bridgehead atoms. The number of nitrogens with zero attached hydrogens (tertiary/aromatic N) is 1. The average molecular weight is 243 g/mol. The van der Waals surface area contributed by atoms with Crippen molar-refractivity contribution in [1.82, 2.24) is 14.9 Å². The van der Waals surface area contributed by atoms with Crippen LogP contribution in [-0.2, 0) is 10.0 Å². The summed E-state index contributed by atoms with van der Waals surface area (Å²) in [5, 5.41) is 6.35. The normalized spacial score (nSPS) is 18.6. The SMILES string of the molecule is Cc1[nH]ncc1S(=O)(=O)NCC(C)C1CC1. The summed E-state index contributed by atoms with van der Waals surface area (Å²) in [6.45, 7) is 4.30. The largest absolute Gasteiger partial charge is 0.281 e. The molecule has 1 aromatic rings. The molecule has 5 nitrogen and oxygen atoms in total. The summed E-state index contributed by atoms with van der Waals surface area (Å²) >= 11 is 0. The Bertz CT molecular complexity index is 462. The van der Waals surface area contributed by atoms with Crippen LogP contribution < -0.4 is 4.72 Å². The van der Waals surface area contributed by atoms with E-state index >= 15 is 0 Å². The number of nitrogens with one attached hydrogen (secondary N) is 2. The second-order valence-corrected chi connectivity index (χ2v) is 6.26. The summed E-state index contributed by atoms with van der Waals surface area (Å²) in [4.78, 5) is 0.246. The Balaban J connectivity index is 2.00. The van der Waals surface area contributed by atoms with Gasteiger partial charge < -0.3 is 0 Å². The second kappa shape index (κ2) is 4.18. The molecule has 0 radical (unpaired) electrons. The predicted octanol–water partition coefficient (Wildman–Crippen LogP) is 1.04. The van der Waals surface area contributed by atoms with Crippen LogP contribution in [0.15, 0.2) is 11.1 Å². The van der Waals surface area contributed by atoms with E-state index in [1.165, 1.54) is 19.0 Å². The predicted molar refractivity (Wildman–Crippen MR) is 60.4 cm³/mol. The molecule has 16 heavy (non-hydrogen) atoms. The van der Waals surface area contributed by atoms with Crippen LogP contribution in [0.5, 0.6) is 0 Å². The van der Waals surface area contributed by atoms with Crippen LogP contribution in [0.4, 0.5) is 0 Å². The third-order valence-corrected chi connectivity index (χ3v) is 4.63. The molecule has 1 atom stereocenters. The first-order chi connectivity index (χ1) is 7.50. The molecule has 0 aromatic carbocycles. The molecule has 1 heterocycles. The standard InChI is InChI=1S/C10H17N3O2S/c1-7(9-3-4-9)5-12-16(14,15)10-6-11-13-8(10)2/h6-7,9,12H,3-5H2,1-2H3,(H,11,13). The van der Waals surface area contributed by atoms with Crippen molar-refractivity contribution in [3.63, 3.8) is 0 Å². The Morgan fingerprint density at radius 3 is 2.81 bits per heavy atom. The van der Waals surface area contributed by atoms with E-state index in [9.17, 15) is 8.42 Å². The van der Waals surface area contributed by atoms with E-state index in [-0.39, 0.29) is 4.90 Å². The maximum Gasteiger partial charge on any atom is 0.243 e. The molecular weight excluding hydrogens is 226 g/mol. The minimum Gasteiger partial charge on any atom is -0.281 e. The van der Waals surface area contributed by atoms with E-state index in [4.69, 9.17) is 0 Å². The first kappa shape index (κ1) is 11.6. The van der Waals surface area contributed by atoms with Crippen LogP contribution in [-0.4, -0.2) is 25.2 Å². The van der Waals surface area contributed by atoms with Crippen molar-refractivity contribution >= 4 is 10.0 Å². The van der Waals surface area contributed by atoms with E-state index in [1.807, 2.05) is 0 Å². The first-order valence-electron chi connectivity index (χ1n) is 5.50. The lowest BCUT2D eigenvalue weighted by Crippen LogP contribution is -2.29. The summed E-state index contributed by atoms with van der Waals surface area (Å²) in [5.74, 6) is 1.12. The molecule has 0 spiro atoms. The lowest BCUT2D eigenvalue weighted by molar-refractivity contribution is 0.491. The molecule has 1 aromatic heterocycles. The van der Waals surface area contributed by atoms with Crippen LogP contribution in [0.3, 0.4) is 0 Å². The number of aromatic nitrogens is 2. The maximum absolute atomic E-state index is 11.9. The van der Waals surface area contributed by atoms with Crippen molar-refractivity contribution in [3.05, 3.63) is 11.9 Å². The van der Waals surface area contributed by atoms with Gasteiger partial charge in [0, 0.05) is 6.54 Å². The fourth-order valence-corrected chi connectivity index (χ4v) is 3.04. The highest BCUT2D eigenvalue weighted by Gasteiger charge is 2.29. The number of rotatable bonds is 5. The van der Waals surface area contributed by atoms with E-state index in [1.54, 1.807) is 6.92 Å². The van der Waals surface area contributed by atoms with Gasteiger partial charge in [0.1, 0.15) is 4.90 Å². The maximum atomic E-state index is 11.9. The molecule has 1 unspecified atom stereocenters. The molecule has 2 rings (SSSR count). The number of hydrogen-bond acceptors (Lipinski definition) is 3. The van der Waals surface area contributed by atoms with Gasteiger partial charge in [-0.15, -0.1) is 0 Å². The zero-order chi connectivity index (χ0) is 11.8. The van der Waals surface area contributed by atoms with Gasteiger partial charge >= 0.3 is 0 Å². The number of hydrogen-bond donors (Lipinski definition) is 2. The monoisotopic (exact) mass is 243 g/mol. The highest BCUT2D eigenvalue weighted by atomic mass is 32.2. The zero-order valence-corrected chi connectivity index (χ0v) is 10.3. The number of aromatic amines is 1. The Hall–Kier alpha value is -0.880. The molecule has 1 aliphatic rings. The summed E-state index contributed by atoms with van der Waals surface area (Å²) in [6, 6.07) is 0. The Labute approximate surface area is 95.7 Å². The lowest BCUT2D eigenvalue weighted by Gasteiger charge is -2.11. The number of sulfonamides is 1. The highest BCUT2D eigenvalue weighted by Crippen LogP contribution is 2.36. The fourth-order valence-electron chi connectivity index (χ4n) is 1.76. The van der Waals surface area contributed by atoms with Crippen molar-refractivity contribution in [2.45, 2.75) is 31.6 Å². The molecule has 1 aliphatic carbocycles. The Morgan fingerprint density at radius 2 is 2.31 bits per heavy atom. The quantitative estimate of drug-likeness (QED) is 0.811. The fraction of sp³-hybridized carbons (Fsp3) is 0.700. The van der Waals surface area contributed by atoms with E-state index in [2.05, 4.69) is 21.8 Å². The van der Waals surface area contributed by atoms with Gasteiger partial charge in [0.2, 0.25) is 10.0 Å². The van der Waals surface area contributed by atoms with Crippen LogP contribution in [0.1, 0.15) is 25.5 Å². The van der Waals surface area contributed by atoms with E-state index in [0.717, 1.165) is 0 Å². The smallest absolute Gasteiger partial charge is 0.243 e. The van der Waals surface area contributed by atoms with Gasteiger partial charge in [0.05, 0.1) is 11.9 Å². The highest BCUT2D eigenvalue weighted by molar-refractivity contribution is 7.89. The average Bonchev–Trinajstić information content (AvgIpc) is 2.98. The van der Waals surface area contributed by atoms with Crippen LogP contribution in [0.2, 0.25) is 0 Å². The third kappa shape index (κ3) is 2.44. The van der Waals surface area contributed by atoms with Crippen molar-refractivity contribution in [3.8, 4) is 0 Å². The summed E-state index contributed by atoms with van der Waals surface area (Å²) < 4.78 is 26.4. The molecule has 0 saturated heterocycles. The molecule has 6 heteroatoms. The van der Waals surface area contributed by atoms with Crippen molar-refractivity contribution < 1.29 is 8.42 Å². The summed E-state index contributed by atoms with van der Waals surface area (Å²) in [7, 11) is -3.39. The van der Waals surface area contributed by atoms with Gasteiger partial charge in [-0.1, -0.05) is 6.92 Å². The van der Waals surface area contributed by atoms with E-state index < -0.39 is 10.0 Å². The minimum absolute atomic E-state index is 0.246. The van der Waals surface area contributed by atoms with Gasteiger partial charge in [-0.05, 0) is 31.6 Å². The Kier molecular flexibility index (Phi) is 3.03. The van der Waals surface area contributed by atoms with Crippen molar-refractivity contribution in [2.24, 2.45) is 11.8 Å². The minimum atomic E-state index is -3.39. The molecule has 90 valence electrons. The summed E-state index contributed by atoms with van der Waals surface area (Å²) in [6.07, 6.45) is 3.81. The van der Waals surface area contributed by atoms with Crippen molar-refractivity contribution in [2.75, 3.05) is 6.54 Å². The van der Waals surface area contributed by atoms with Gasteiger partial charge in [0.25, 0.3) is 0 Å². The number of aryl methyl sites for hydroxylation is 1. The lowest BCUT2D eigenvalue weighted by atomic mass is 10.1. The molecule has 0 aliphatic heterocycles. The molecular formula is C10H17N3O2S. The first-order valence-corrected chi connectivity index (χ1v) is 6.98. The van der Waals surface area contributed by atoms with Crippen LogP contribution >= 0.6 is 0 Å². The molecule has 1 saturated carbocycles. The van der Waals surface area contributed by atoms with Gasteiger partial charge in [0.15, 0.2) is 0 Å². The molecule has 1 fully saturated rings. The molecule has 2 N–H and O–H groups in total. The number of H-pyrrole nitrogens is 1. The van der Waals surface area contributed by atoms with Gasteiger partial charge in [-0.2, -0.15) is 5.10 Å². The Morgan fingerprint density at radius 1 is 1.62 bits per heavy atom. The molecule has 0 amide bonds. The third-order valence-electron chi connectivity index (χ3n) is 3.10. The van der Waals surface area contributed by atoms with Crippen LogP contribution in [0, 0.1) is 18.8 Å². The van der Waals surface area contributed by atoms with Gasteiger partial charge in [-0.3, -0.25) is 5.10 Å². The van der Waals surface area contributed by atoms with Crippen LogP contribution in [0.25, 0.3) is 0 Å². The summed E-state index contributed by atoms with van der Waals surface area (Å²) in [5.41, 5.74) is 0.576. The zero-order valence-electron chi connectivity index (χ0n) is 9.53. The van der Waals surface area contributed by atoms with Crippen molar-refractivity contribution in [1.29, 1.82) is 0 Å². The topological polar surface area (TPSA) is 74.8 Å². The van der Waals surface area contributed by atoms with E-state index in [0.29, 0.717) is 24.1 Å². The second-order valence-electron chi connectivity index (χ2n) is 4.53. The van der Waals surface area contributed by atoms with Gasteiger partial charge in [-0.25, -0.2) is 13.1 Å².